The van der Waals surface area contributed by atoms with Gasteiger partial charge >= 0.3 is 0 Å². The first-order valence-electron chi connectivity index (χ1n) is 5.56. The van der Waals surface area contributed by atoms with Gasteiger partial charge < -0.3 is 15.2 Å². The minimum absolute atomic E-state index is 0.0251. The van der Waals surface area contributed by atoms with Crippen LogP contribution in [0.2, 0.25) is 0 Å². The maximum Gasteiger partial charge on any atom is 0.151 e. The lowest BCUT2D eigenvalue weighted by molar-refractivity contribution is 0.281. The van der Waals surface area contributed by atoms with Crippen molar-refractivity contribution in [3.05, 3.63) is 47.5 Å². The molecule has 0 unspecified atom stereocenters. The van der Waals surface area contributed by atoms with Gasteiger partial charge in [0.05, 0.1) is 18.0 Å². The van der Waals surface area contributed by atoms with E-state index < -0.39 is 0 Å². The molecule has 0 aromatic heterocycles. The second kappa shape index (κ2) is 3.79. The minimum Gasteiger partial charge on any atom is -0.453 e. The van der Waals surface area contributed by atoms with Crippen molar-refractivity contribution in [1.82, 2.24) is 0 Å². The van der Waals surface area contributed by atoms with Gasteiger partial charge in [0.15, 0.2) is 11.5 Å². The number of rotatable bonds is 1. The summed E-state index contributed by atoms with van der Waals surface area (Å²) in [6.45, 7) is 2.07. The highest BCUT2D eigenvalue weighted by Crippen LogP contribution is 2.43. The molecule has 0 radical (unpaired) electrons. The summed E-state index contributed by atoms with van der Waals surface area (Å²) in [6.07, 6.45) is 0. The fraction of sp³-hybridized carbons (Fsp3) is 0.143. The van der Waals surface area contributed by atoms with Crippen molar-refractivity contribution in [2.75, 3.05) is 5.32 Å². The number of nitrogens with one attached hydrogen (secondary N) is 1. The zero-order valence-electron chi connectivity index (χ0n) is 9.53. The SMILES string of the molecule is Cc1cccc2c1Nc1ccc(CO)cc1O2. The van der Waals surface area contributed by atoms with Crippen molar-refractivity contribution >= 4 is 11.4 Å². The van der Waals surface area contributed by atoms with E-state index in [0.29, 0.717) is 0 Å². The monoisotopic (exact) mass is 227 g/mol. The van der Waals surface area contributed by atoms with Crippen LogP contribution in [0.4, 0.5) is 11.4 Å². The van der Waals surface area contributed by atoms with Crippen LogP contribution in [0.3, 0.4) is 0 Å². The summed E-state index contributed by atoms with van der Waals surface area (Å²) >= 11 is 0. The molecule has 0 saturated heterocycles. The molecular weight excluding hydrogens is 214 g/mol. The molecule has 3 rings (SSSR count). The molecule has 2 aromatic rings. The van der Waals surface area contributed by atoms with Crippen LogP contribution >= 0.6 is 0 Å². The zero-order chi connectivity index (χ0) is 11.8. The van der Waals surface area contributed by atoms with Gasteiger partial charge in [0, 0.05) is 0 Å². The molecule has 17 heavy (non-hydrogen) atoms. The van der Waals surface area contributed by atoms with E-state index in [9.17, 15) is 0 Å². The molecule has 3 heteroatoms. The number of anilines is 2. The molecule has 0 fully saturated rings. The van der Waals surface area contributed by atoms with Crippen LogP contribution in [-0.2, 0) is 6.61 Å². The van der Waals surface area contributed by atoms with Crippen molar-refractivity contribution in [1.29, 1.82) is 0 Å². The molecule has 0 bridgehead atoms. The Hall–Kier alpha value is -2.00. The normalized spacial score (nSPS) is 12.1. The molecule has 1 aliphatic heterocycles. The number of hydrogen-bond acceptors (Lipinski definition) is 3. The van der Waals surface area contributed by atoms with E-state index in [4.69, 9.17) is 9.84 Å². The van der Waals surface area contributed by atoms with E-state index in [1.165, 1.54) is 0 Å². The fourth-order valence-electron chi connectivity index (χ4n) is 1.99. The number of aliphatic hydroxyl groups excluding tert-OH is 1. The number of aryl methyl sites for hydroxylation is 1. The van der Waals surface area contributed by atoms with Crippen molar-refractivity contribution < 1.29 is 9.84 Å². The quantitative estimate of drug-likeness (QED) is 0.670. The molecule has 0 amide bonds. The molecule has 86 valence electrons. The predicted molar refractivity (Wildman–Crippen MR) is 66.9 cm³/mol. The van der Waals surface area contributed by atoms with Gasteiger partial charge in [-0.05, 0) is 36.2 Å². The van der Waals surface area contributed by atoms with Crippen molar-refractivity contribution in [2.45, 2.75) is 13.5 Å². The van der Waals surface area contributed by atoms with Gasteiger partial charge in [-0.1, -0.05) is 18.2 Å². The van der Waals surface area contributed by atoms with Crippen LogP contribution in [0.1, 0.15) is 11.1 Å². The number of para-hydroxylation sites is 1. The topological polar surface area (TPSA) is 41.5 Å². The standard InChI is InChI=1S/C14H13NO2/c1-9-3-2-4-12-14(9)15-11-6-5-10(8-16)7-13(11)17-12/h2-7,15-16H,8H2,1H3. The molecule has 3 nitrogen and oxygen atoms in total. The highest BCUT2D eigenvalue weighted by Gasteiger charge is 2.17. The summed E-state index contributed by atoms with van der Waals surface area (Å²) < 4.78 is 5.83. The van der Waals surface area contributed by atoms with Crippen molar-refractivity contribution in [3.8, 4) is 11.5 Å². The van der Waals surface area contributed by atoms with E-state index in [1.54, 1.807) is 0 Å². The maximum absolute atomic E-state index is 9.10. The third-order valence-electron chi connectivity index (χ3n) is 2.94. The predicted octanol–water partition coefficient (Wildman–Crippen LogP) is 3.34. The molecule has 1 aliphatic rings. The van der Waals surface area contributed by atoms with Crippen LogP contribution in [0.15, 0.2) is 36.4 Å². The van der Waals surface area contributed by atoms with Crippen LogP contribution in [0, 0.1) is 6.92 Å². The number of aliphatic hydroxyl groups is 1. The lowest BCUT2D eigenvalue weighted by Gasteiger charge is -2.23. The maximum atomic E-state index is 9.10. The van der Waals surface area contributed by atoms with E-state index >= 15 is 0 Å². The first kappa shape index (κ1) is 10.2. The minimum atomic E-state index is 0.0251. The molecule has 1 heterocycles. The highest BCUT2D eigenvalue weighted by atomic mass is 16.5. The Kier molecular flexibility index (Phi) is 2.27. The summed E-state index contributed by atoms with van der Waals surface area (Å²) in [5.74, 6) is 1.59. The van der Waals surface area contributed by atoms with Crippen LogP contribution in [0.5, 0.6) is 11.5 Å². The molecule has 2 aromatic carbocycles. The Bertz CT molecular complexity index is 578. The largest absolute Gasteiger partial charge is 0.453 e. The van der Waals surface area contributed by atoms with Gasteiger partial charge in [-0.15, -0.1) is 0 Å². The highest BCUT2D eigenvalue weighted by molar-refractivity contribution is 5.77. The van der Waals surface area contributed by atoms with Crippen LogP contribution in [0.25, 0.3) is 0 Å². The molecule has 0 aliphatic carbocycles. The Morgan fingerprint density at radius 3 is 2.88 bits per heavy atom. The second-order valence-electron chi connectivity index (χ2n) is 4.16. The van der Waals surface area contributed by atoms with Crippen LogP contribution in [-0.4, -0.2) is 5.11 Å². The number of ether oxygens (including phenoxy) is 1. The van der Waals surface area contributed by atoms with Gasteiger partial charge in [0.2, 0.25) is 0 Å². The Morgan fingerprint density at radius 1 is 1.18 bits per heavy atom. The summed E-state index contributed by atoms with van der Waals surface area (Å²) in [7, 11) is 0. The Labute approximate surface area is 99.7 Å². The van der Waals surface area contributed by atoms with E-state index in [2.05, 4.69) is 5.32 Å². The second-order valence-corrected chi connectivity index (χ2v) is 4.16. The van der Waals surface area contributed by atoms with Crippen molar-refractivity contribution in [2.24, 2.45) is 0 Å². The van der Waals surface area contributed by atoms with Gasteiger partial charge in [-0.2, -0.15) is 0 Å². The van der Waals surface area contributed by atoms with E-state index in [0.717, 1.165) is 34.0 Å². The molecule has 0 saturated carbocycles. The third kappa shape index (κ3) is 1.65. The smallest absolute Gasteiger partial charge is 0.151 e. The first-order chi connectivity index (χ1) is 8.28. The van der Waals surface area contributed by atoms with Crippen LogP contribution < -0.4 is 10.1 Å². The molecular formula is C14H13NO2. The Balaban J connectivity index is 2.08. The van der Waals surface area contributed by atoms with Gasteiger partial charge in [-0.3, -0.25) is 0 Å². The third-order valence-corrected chi connectivity index (χ3v) is 2.94. The van der Waals surface area contributed by atoms with Gasteiger partial charge in [0.1, 0.15) is 0 Å². The van der Waals surface area contributed by atoms with E-state index in [-0.39, 0.29) is 6.61 Å². The summed E-state index contributed by atoms with van der Waals surface area (Å²) in [6, 6.07) is 11.6. The molecule has 0 atom stereocenters. The van der Waals surface area contributed by atoms with E-state index in [1.807, 2.05) is 43.3 Å². The lowest BCUT2D eigenvalue weighted by Crippen LogP contribution is -2.04. The fourth-order valence-corrected chi connectivity index (χ4v) is 1.99. The number of hydrogen-bond donors (Lipinski definition) is 2. The van der Waals surface area contributed by atoms with Crippen molar-refractivity contribution in [3.63, 3.8) is 0 Å². The Morgan fingerprint density at radius 2 is 2.06 bits per heavy atom. The van der Waals surface area contributed by atoms with Gasteiger partial charge in [-0.25, -0.2) is 0 Å². The first-order valence-corrected chi connectivity index (χ1v) is 5.56. The number of fused-ring (bicyclic) bond motifs is 2. The summed E-state index contributed by atoms with van der Waals surface area (Å²) in [5, 5.41) is 12.5. The number of benzene rings is 2. The molecule has 0 spiro atoms. The lowest BCUT2D eigenvalue weighted by atomic mass is 10.1. The average molecular weight is 227 g/mol. The summed E-state index contributed by atoms with van der Waals surface area (Å²) in [4.78, 5) is 0. The molecule has 2 N–H and O–H groups in total. The zero-order valence-corrected chi connectivity index (χ0v) is 9.53. The average Bonchev–Trinajstić information content (AvgIpc) is 2.36. The summed E-state index contributed by atoms with van der Waals surface area (Å²) in [5.41, 5.74) is 3.95. The van der Waals surface area contributed by atoms with Gasteiger partial charge in [0.25, 0.3) is 0 Å².